The van der Waals surface area contributed by atoms with Gasteiger partial charge in [-0.25, -0.2) is 4.98 Å². The summed E-state index contributed by atoms with van der Waals surface area (Å²) in [7, 11) is 0. The van der Waals surface area contributed by atoms with Crippen LogP contribution in [0.5, 0.6) is 0 Å². The smallest absolute Gasteiger partial charge is 0.261 e. The van der Waals surface area contributed by atoms with Crippen molar-refractivity contribution in [3.8, 4) is 0 Å². The standard InChI is InChI=1S/C17H17N3O/c1-12-6-5-8-15-16(12)17(21)20(11-19-15)13(2)10-14-7-3-4-9-18-14/h3-9,11,13H,10H2,1-2H3. The Morgan fingerprint density at radius 3 is 2.76 bits per heavy atom. The Morgan fingerprint density at radius 2 is 2.00 bits per heavy atom. The highest BCUT2D eigenvalue weighted by Crippen LogP contribution is 2.14. The monoisotopic (exact) mass is 279 g/mol. The summed E-state index contributed by atoms with van der Waals surface area (Å²) in [5.74, 6) is 0. The third-order valence-electron chi connectivity index (χ3n) is 3.73. The highest BCUT2D eigenvalue weighted by molar-refractivity contribution is 5.80. The van der Waals surface area contributed by atoms with E-state index < -0.39 is 0 Å². The van der Waals surface area contributed by atoms with E-state index in [0.29, 0.717) is 11.8 Å². The molecule has 0 bridgehead atoms. The highest BCUT2D eigenvalue weighted by atomic mass is 16.1. The van der Waals surface area contributed by atoms with Crippen LogP contribution in [0.4, 0.5) is 0 Å². The fourth-order valence-electron chi connectivity index (χ4n) is 2.58. The molecule has 0 aliphatic heterocycles. The first-order chi connectivity index (χ1) is 10.2. The summed E-state index contributed by atoms with van der Waals surface area (Å²) >= 11 is 0. The molecular formula is C17H17N3O. The number of nitrogens with zero attached hydrogens (tertiary/aromatic N) is 3. The van der Waals surface area contributed by atoms with Crippen molar-refractivity contribution in [1.82, 2.24) is 14.5 Å². The zero-order valence-electron chi connectivity index (χ0n) is 12.2. The van der Waals surface area contributed by atoms with Crippen LogP contribution in [0, 0.1) is 6.92 Å². The molecule has 3 rings (SSSR count). The number of benzene rings is 1. The summed E-state index contributed by atoms with van der Waals surface area (Å²) < 4.78 is 1.70. The van der Waals surface area contributed by atoms with Crippen molar-refractivity contribution >= 4 is 10.9 Å². The minimum atomic E-state index is 0.0153. The molecule has 0 aliphatic carbocycles. The van der Waals surface area contributed by atoms with Crippen LogP contribution in [0.3, 0.4) is 0 Å². The normalized spacial score (nSPS) is 12.5. The van der Waals surface area contributed by atoms with Crippen LogP contribution in [0.2, 0.25) is 0 Å². The van der Waals surface area contributed by atoms with Gasteiger partial charge in [0.1, 0.15) is 0 Å². The summed E-state index contributed by atoms with van der Waals surface area (Å²) in [5.41, 5.74) is 2.70. The first kappa shape index (κ1) is 13.5. The summed E-state index contributed by atoms with van der Waals surface area (Å²) in [6.45, 7) is 3.96. The number of rotatable bonds is 3. The Balaban J connectivity index is 2.03. The van der Waals surface area contributed by atoms with Crippen LogP contribution < -0.4 is 5.56 Å². The first-order valence-corrected chi connectivity index (χ1v) is 7.03. The topological polar surface area (TPSA) is 47.8 Å². The molecule has 106 valence electrons. The number of aromatic nitrogens is 3. The SMILES string of the molecule is Cc1cccc2ncn(C(C)Cc3ccccn3)c(=O)c12. The fourth-order valence-corrected chi connectivity index (χ4v) is 2.58. The quantitative estimate of drug-likeness (QED) is 0.740. The lowest BCUT2D eigenvalue weighted by molar-refractivity contribution is 0.517. The van der Waals surface area contributed by atoms with Crippen LogP contribution in [0.1, 0.15) is 24.2 Å². The Kier molecular flexibility index (Phi) is 3.52. The Hall–Kier alpha value is -2.49. The molecule has 1 atom stereocenters. The fraction of sp³-hybridized carbons (Fsp3) is 0.235. The molecule has 0 fully saturated rings. The van der Waals surface area contributed by atoms with E-state index in [0.717, 1.165) is 16.8 Å². The third-order valence-corrected chi connectivity index (χ3v) is 3.73. The first-order valence-electron chi connectivity index (χ1n) is 7.03. The molecule has 2 aromatic heterocycles. The van der Waals surface area contributed by atoms with Crippen molar-refractivity contribution in [3.63, 3.8) is 0 Å². The third kappa shape index (κ3) is 2.57. The maximum Gasteiger partial charge on any atom is 0.261 e. The van der Waals surface area contributed by atoms with Gasteiger partial charge >= 0.3 is 0 Å². The van der Waals surface area contributed by atoms with E-state index in [1.54, 1.807) is 17.1 Å². The summed E-state index contributed by atoms with van der Waals surface area (Å²) in [4.78, 5) is 21.4. The van der Waals surface area contributed by atoms with Gasteiger partial charge in [-0.15, -0.1) is 0 Å². The number of hydrogen-bond donors (Lipinski definition) is 0. The highest BCUT2D eigenvalue weighted by Gasteiger charge is 2.12. The molecule has 0 radical (unpaired) electrons. The van der Waals surface area contributed by atoms with E-state index in [1.807, 2.05) is 50.2 Å². The Labute approximate surface area is 123 Å². The molecule has 2 heterocycles. The molecule has 0 amide bonds. The van der Waals surface area contributed by atoms with Gasteiger partial charge in [0.15, 0.2) is 0 Å². The average Bonchev–Trinajstić information content (AvgIpc) is 2.48. The van der Waals surface area contributed by atoms with Crippen LogP contribution in [0.15, 0.2) is 53.7 Å². The van der Waals surface area contributed by atoms with Gasteiger partial charge in [0.2, 0.25) is 0 Å². The second kappa shape index (κ2) is 5.48. The van der Waals surface area contributed by atoms with Crippen molar-refractivity contribution in [3.05, 3.63) is 70.5 Å². The van der Waals surface area contributed by atoms with Crippen LogP contribution >= 0.6 is 0 Å². The molecule has 1 unspecified atom stereocenters. The van der Waals surface area contributed by atoms with Crippen molar-refractivity contribution in [2.24, 2.45) is 0 Å². The van der Waals surface area contributed by atoms with Crippen LogP contribution in [-0.4, -0.2) is 14.5 Å². The molecule has 0 saturated carbocycles. The molecule has 0 N–H and O–H groups in total. The van der Waals surface area contributed by atoms with Gasteiger partial charge in [-0.2, -0.15) is 0 Å². The molecule has 21 heavy (non-hydrogen) atoms. The lowest BCUT2D eigenvalue weighted by Crippen LogP contribution is -2.25. The van der Waals surface area contributed by atoms with Gasteiger partial charge in [0, 0.05) is 24.4 Å². The number of hydrogen-bond acceptors (Lipinski definition) is 3. The van der Waals surface area contributed by atoms with Gasteiger partial charge in [-0.1, -0.05) is 18.2 Å². The van der Waals surface area contributed by atoms with E-state index in [-0.39, 0.29) is 11.6 Å². The molecule has 0 saturated heterocycles. The van der Waals surface area contributed by atoms with E-state index >= 15 is 0 Å². The molecular weight excluding hydrogens is 262 g/mol. The molecule has 1 aromatic carbocycles. The summed E-state index contributed by atoms with van der Waals surface area (Å²) in [6.07, 6.45) is 4.12. The predicted octanol–water partition coefficient (Wildman–Crippen LogP) is 2.90. The van der Waals surface area contributed by atoms with Gasteiger partial charge in [0.05, 0.1) is 17.2 Å². The van der Waals surface area contributed by atoms with Crippen LogP contribution in [-0.2, 0) is 6.42 Å². The molecule has 4 nitrogen and oxygen atoms in total. The Morgan fingerprint density at radius 1 is 1.14 bits per heavy atom. The van der Waals surface area contributed by atoms with Crippen molar-refractivity contribution in [1.29, 1.82) is 0 Å². The number of pyridine rings is 1. The van der Waals surface area contributed by atoms with E-state index in [9.17, 15) is 4.79 Å². The minimum absolute atomic E-state index is 0.0153. The number of aryl methyl sites for hydroxylation is 1. The van der Waals surface area contributed by atoms with Gasteiger partial charge in [0.25, 0.3) is 5.56 Å². The van der Waals surface area contributed by atoms with E-state index in [4.69, 9.17) is 0 Å². The summed E-state index contributed by atoms with van der Waals surface area (Å²) in [6, 6.07) is 11.6. The van der Waals surface area contributed by atoms with Gasteiger partial charge in [-0.3, -0.25) is 14.3 Å². The zero-order chi connectivity index (χ0) is 14.8. The van der Waals surface area contributed by atoms with Crippen molar-refractivity contribution < 1.29 is 0 Å². The van der Waals surface area contributed by atoms with E-state index in [2.05, 4.69) is 9.97 Å². The summed E-state index contributed by atoms with van der Waals surface area (Å²) in [5, 5.41) is 0.702. The zero-order valence-corrected chi connectivity index (χ0v) is 12.2. The van der Waals surface area contributed by atoms with Crippen molar-refractivity contribution in [2.75, 3.05) is 0 Å². The lowest BCUT2D eigenvalue weighted by atomic mass is 10.1. The molecule has 3 aromatic rings. The maximum absolute atomic E-state index is 12.7. The van der Waals surface area contributed by atoms with Gasteiger partial charge < -0.3 is 0 Å². The van der Waals surface area contributed by atoms with Crippen LogP contribution in [0.25, 0.3) is 10.9 Å². The number of fused-ring (bicyclic) bond motifs is 1. The molecule has 0 spiro atoms. The molecule has 4 heteroatoms. The maximum atomic E-state index is 12.7. The van der Waals surface area contributed by atoms with Gasteiger partial charge in [-0.05, 0) is 37.6 Å². The van der Waals surface area contributed by atoms with E-state index in [1.165, 1.54) is 0 Å². The average molecular weight is 279 g/mol. The second-order valence-electron chi connectivity index (χ2n) is 5.30. The largest absolute Gasteiger partial charge is 0.295 e. The lowest BCUT2D eigenvalue weighted by Gasteiger charge is -2.15. The predicted molar refractivity (Wildman–Crippen MR) is 83.4 cm³/mol. The molecule has 0 aliphatic rings. The minimum Gasteiger partial charge on any atom is -0.295 e. The second-order valence-corrected chi connectivity index (χ2v) is 5.30. The Bertz CT molecular complexity index is 824. The van der Waals surface area contributed by atoms with Crippen molar-refractivity contribution in [2.45, 2.75) is 26.3 Å².